The maximum absolute atomic E-state index is 12.3. The molecule has 6 heteroatoms. The summed E-state index contributed by atoms with van der Waals surface area (Å²) in [4.78, 5) is 23.1. The van der Waals surface area contributed by atoms with E-state index >= 15 is 0 Å². The largest absolute Gasteiger partial charge is 0.494 e. The van der Waals surface area contributed by atoms with Crippen molar-refractivity contribution >= 4 is 39.1 Å². The van der Waals surface area contributed by atoms with Crippen molar-refractivity contribution in [1.29, 1.82) is 0 Å². The van der Waals surface area contributed by atoms with Crippen molar-refractivity contribution in [2.24, 2.45) is 0 Å². The second-order valence-electron chi connectivity index (χ2n) is 4.92. The minimum Gasteiger partial charge on any atom is -0.494 e. The van der Waals surface area contributed by atoms with Gasteiger partial charge >= 0.3 is 0 Å². The number of rotatable bonds is 6. The molecule has 118 valence electrons. The number of hydrogen-bond donors (Lipinski definition) is 0. The number of carbonyl (C=O) groups excluding carboxylic acids is 1. The summed E-state index contributed by atoms with van der Waals surface area (Å²) in [6.45, 7) is 4.60. The highest BCUT2D eigenvalue weighted by Gasteiger charge is 2.11. The van der Waals surface area contributed by atoms with E-state index in [4.69, 9.17) is 4.74 Å². The number of nitrogens with zero attached hydrogens (tertiary/aromatic N) is 2. The summed E-state index contributed by atoms with van der Waals surface area (Å²) in [6.07, 6.45) is 1.56. The lowest BCUT2D eigenvalue weighted by atomic mass is 10.1. The number of thiophene rings is 1. The van der Waals surface area contributed by atoms with Crippen molar-refractivity contribution in [2.45, 2.75) is 18.9 Å². The van der Waals surface area contributed by atoms with Crippen LogP contribution in [0.4, 0.5) is 0 Å². The van der Waals surface area contributed by atoms with Gasteiger partial charge in [-0.25, -0.2) is 9.97 Å². The number of benzene rings is 1. The zero-order valence-corrected chi connectivity index (χ0v) is 14.5. The number of aromatic nitrogens is 2. The molecule has 0 aliphatic carbocycles. The first-order valence-corrected chi connectivity index (χ1v) is 9.07. The third-order valence-electron chi connectivity index (χ3n) is 3.24. The molecule has 0 N–H and O–H groups in total. The number of ether oxygens (including phenoxy) is 1. The predicted molar refractivity (Wildman–Crippen MR) is 94.8 cm³/mol. The van der Waals surface area contributed by atoms with E-state index in [2.05, 4.69) is 16.0 Å². The number of hydrogen-bond acceptors (Lipinski definition) is 6. The summed E-state index contributed by atoms with van der Waals surface area (Å²) >= 11 is 3.10. The maximum Gasteiger partial charge on any atom is 0.173 e. The van der Waals surface area contributed by atoms with Gasteiger partial charge in [0, 0.05) is 15.8 Å². The lowest BCUT2D eigenvalue weighted by Crippen LogP contribution is -2.03. The predicted octanol–water partition coefficient (Wildman–Crippen LogP) is 4.37. The van der Waals surface area contributed by atoms with Crippen molar-refractivity contribution in [2.75, 3.05) is 12.4 Å². The molecule has 0 fully saturated rings. The molecular formula is C17H16N2O2S2. The van der Waals surface area contributed by atoms with Crippen LogP contribution in [0.5, 0.6) is 5.75 Å². The lowest BCUT2D eigenvalue weighted by molar-refractivity contribution is 0.102. The van der Waals surface area contributed by atoms with Crippen molar-refractivity contribution in [3.05, 3.63) is 47.1 Å². The number of thioether (sulfide) groups is 1. The summed E-state index contributed by atoms with van der Waals surface area (Å²) in [7, 11) is 0. The first-order valence-electron chi connectivity index (χ1n) is 7.27. The van der Waals surface area contributed by atoms with E-state index in [0.717, 1.165) is 21.0 Å². The highest BCUT2D eigenvalue weighted by Crippen LogP contribution is 2.30. The van der Waals surface area contributed by atoms with E-state index in [1.807, 2.05) is 26.0 Å². The van der Waals surface area contributed by atoms with Crippen LogP contribution in [0.2, 0.25) is 0 Å². The van der Waals surface area contributed by atoms with Gasteiger partial charge in [-0.3, -0.25) is 4.79 Å². The Morgan fingerprint density at radius 1 is 1.26 bits per heavy atom. The van der Waals surface area contributed by atoms with Gasteiger partial charge in [-0.2, -0.15) is 0 Å². The van der Waals surface area contributed by atoms with Crippen LogP contribution in [0.15, 0.2) is 41.7 Å². The summed E-state index contributed by atoms with van der Waals surface area (Å²) in [5.74, 6) is 1.22. The summed E-state index contributed by atoms with van der Waals surface area (Å²) in [5, 5.41) is 1.89. The summed E-state index contributed by atoms with van der Waals surface area (Å²) < 4.78 is 5.39. The fourth-order valence-electron chi connectivity index (χ4n) is 2.19. The van der Waals surface area contributed by atoms with Gasteiger partial charge in [0.1, 0.15) is 21.9 Å². The van der Waals surface area contributed by atoms with Gasteiger partial charge in [0.2, 0.25) is 0 Å². The number of ketones is 1. The standard InChI is InChI=1S/C17H16N2O2S2/c1-3-21-13-6-4-12(5-7-13)15(20)9-22-16-14-8-11(2)23-17(14)19-10-18-16/h4-8,10H,3,9H2,1-2H3. The first-order chi connectivity index (χ1) is 11.2. The van der Waals surface area contributed by atoms with Crippen molar-refractivity contribution < 1.29 is 9.53 Å². The third kappa shape index (κ3) is 3.71. The van der Waals surface area contributed by atoms with E-state index in [9.17, 15) is 4.79 Å². The average Bonchev–Trinajstić information content (AvgIpc) is 2.94. The molecule has 3 aromatic rings. The Bertz CT molecular complexity index is 828. The molecule has 0 radical (unpaired) electrons. The number of fused-ring (bicyclic) bond motifs is 1. The normalized spacial score (nSPS) is 10.9. The highest BCUT2D eigenvalue weighted by atomic mass is 32.2. The monoisotopic (exact) mass is 344 g/mol. The van der Waals surface area contributed by atoms with E-state index in [0.29, 0.717) is 17.9 Å². The molecule has 2 aromatic heterocycles. The molecule has 23 heavy (non-hydrogen) atoms. The minimum atomic E-state index is 0.0803. The van der Waals surface area contributed by atoms with Crippen molar-refractivity contribution in [3.8, 4) is 5.75 Å². The molecule has 0 spiro atoms. The van der Waals surface area contributed by atoms with Crippen LogP contribution in [-0.4, -0.2) is 28.1 Å². The first kappa shape index (κ1) is 16.0. The van der Waals surface area contributed by atoms with Gasteiger partial charge in [0.05, 0.1) is 12.4 Å². The fourth-order valence-corrected chi connectivity index (χ4v) is 3.97. The van der Waals surface area contributed by atoms with Crippen LogP contribution in [0.25, 0.3) is 10.2 Å². The van der Waals surface area contributed by atoms with Crippen molar-refractivity contribution in [3.63, 3.8) is 0 Å². The smallest absolute Gasteiger partial charge is 0.173 e. The Balaban J connectivity index is 1.70. The molecule has 0 amide bonds. The molecule has 1 aromatic carbocycles. The molecule has 0 aliphatic heterocycles. The minimum absolute atomic E-state index is 0.0803. The van der Waals surface area contributed by atoms with Gasteiger partial charge in [-0.05, 0) is 44.2 Å². The Morgan fingerprint density at radius 2 is 2.04 bits per heavy atom. The van der Waals surface area contributed by atoms with Crippen LogP contribution < -0.4 is 4.74 Å². The third-order valence-corrected chi connectivity index (χ3v) is 5.21. The second-order valence-corrected chi connectivity index (χ2v) is 7.12. The van der Waals surface area contributed by atoms with E-state index in [-0.39, 0.29) is 5.78 Å². The van der Waals surface area contributed by atoms with Gasteiger partial charge in [-0.1, -0.05) is 11.8 Å². The Labute approximate surface area is 142 Å². The summed E-state index contributed by atoms with van der Waals surface area (Å²) in [6, 6.07) is 9.33. The number of aryl methyl sites for hydroxylation is 1. The topological polar surface area (TPSA) is 52.1 Å². The number of carbonyl (C=O) groups is 1. The van der Waals surface area contributed by atoms with Gasteiger partial charge in [-0.15, -0.1) is 11.3 Å². The zero-order chi connectivity index (χ0) is 16.2. The molecule has 3 rings (SSSR count). The van der Waals surface area contributed by atoms with Gasteiger partial charge in [0.15, 0.2) is 5.78 Å². The van der Waals surface area contributed by atoms with E-state index in [1.165, 1.54) is 16.6 Å². The van der Waals surface area contributed by atoms with Crippen LogP contribution in [-0.2, 0) is 0 Å². The SMILES string of the molecule is CCOc1ccc(C(=O)CSc2ncnc3sc(C)cc23)cc1. The van der Waals surface area contributed by atoms with Crippen LogP contribution in [0.1, 0.15) is 22.2 Å². The fraction of sp³-hybridized carbons (Fsp3) is 0.235. The molecule has 0 unspecified atom stereocenters. The number of Topliss-reactive ketones (excluding diaryl/α,β-unsaturated/α-hetero) is 1. The van der Waals surface area contributed by atoms with E-state index < -0.39 is 0 Å². The van der Waals surface area contributed by atoms with Crippen LogP contribution >= 0.6 is 23.1 Å². The quantitative estimate of drug-likeness (QED) is 0.377. The highest BCUT2D eigenvalue weighted by molar-refractivity contribution is 8.00. The molecule has 0 saturated carbocycles. The Kier molecular flexibility index (Phi) is 4.93. The Hall–Kier alpha value is -1.92. The van der Waals surface area contributed by atoms with Crippen LogP contribution in [0.3, 0.4) is 0 Å². The molecule has 0 bridgehead atoms. The van der Waals surface area contributed by atoms with E-state index in [1.54, 1.807) is 29.8 Å². The van der Waals surface area contributed by atoms with Gasteiger partial charge < -0.3 is 4.74 Å². The van der Waals surface area contributed by atoms with Gasteiger partial charge in [0.25, 0.3) is 0 Å². The molecule has 2 heterocycles. The molecule has 4 nitrogen and oxygen atoms in total. The zero-order valence-electron chi connectivity index (χ0n) is 12.9. The molecule has 0 saturated heterocycles. The molecular weight excluding hydrogens is 328 g/mol. The lowest BCUT2D eigenvalue weighted by Gasteiger charge is -2.05. The molecule has 0 atom stereocenters. The molecule has 0 aliphatic rings. The van der Waals surface area contributed by atoms with Crippen LogP contribution in [0, 0.1) is 6.92 Å². The second kappa shape index (κ2) is 7.10. The Morgan fingerprint density at radius 3 is 2.78 bits per heavy atom. The van der Waals surface area contributed by atoms with Crippen molar-refractivity contribution in [1.82, 2.24) is 9.97 Å². The summed E-state index contributed by atoms with van der Waals surface area (Å²) in [5.41, 5.74) is 0.688. The maximum atomic E-state index is 12.3. The average molecular weight is 344 g/mol.